The van der Waals surface area contributed by atoms with Crippen LogP contribution in [0.1, 0.15) is 11.1 Å². The van der Waals surface area contributed by atoms with E-state index in [1.165, 1.54) is 16.7 Å². The number of ether oxygens (including phenoxy) is 2. The minimum Gasteiger partial charge on any atom is -0.453 e. The molecule has 0 bridgehead atoms. The topological polar surface area (TPSA) is 21.7 Å². The van der Waals surface area contributed by atoms with Gasteiger partial charge >= 0.3 is 0 Å². The molecule has 0 saturated carbocycles. The van der Waals surface area contributed by atoms with Crippen molar-refractivity contribution in [1.82, 2.24) is 0 Å². The monoisotopic (exact) mass is 605 g/mol. The third kappa shape index (κ3) is 4.51. The zero-order valence-corrected chi connectivity index (χ0v) is 26.2. The van der Waals surface area contributed by atoms with E-state index in [2.05, 4.69) is 158 Å². The molecule has 0 aromatic heterocycles. The van der Waals surface area contributed by atoms with Gasteiger partial charge in [-0.15, -0.1) is 0 Å². The van der Waals surface area contributed by atoms with Gasteiger partial charge in [0.15, 0.2) is 23.0 Å². The van der Waals surface area contributed by atoms with Crippen LogP contribution in [0.2, 0.25) is 0 Å². The molecular weight excluding hydrogens is 574 g/mol. The van der Waals surface area contributed by atoms with Crippen molar-refractivity contribution in [3.8, 4) is 67.5 Å². The maximum Gasteiger partial charge on any atom is 0.163 e. The fourth-order valence-corrected chi connectivity index (χ4v) is 7.01. The molecule has 0 atom stereocenters. The number of rotatable bonds is 4. The average molecular weight is 606 g/mol. The van der Waals surface area contributed by atoms with Crippen LogP contribution in [0.4, 0.5) is 17.1 Å². The van der Waals surface area contributed by atoms with Crippen molar-refractivity contribution >= 4 is 17.1 Å². The number of hydrogen-bond acceptors (Lipinski definition) is 3. The zero-order valence-electron chi connectivity index (χ0n) is 26.2. The van der Waals surface area contributed by atoms with Crippen molar-refractivity contribution in [3.05, 3.63) is 163 Å². The Morgan fingerprint density at radius 3 is 1.43 bits per heavy atom. The summed E-state index contributed by atoms with van der Waals surface area (Å²) in [7, 11) is 0. The van der Waals surface area contributed by atoms with Gasteiger partial charge in [-0.2, -0.15) is 0 Å². The molecule has 0 spiro atoms. The van der Waals surface area contributed by atoms with Crippen LogP contribution in [0, 0.1) is 13.8 Å². The van der Waals surface area contributed by atoms with E-state index in [-0.39, 0.29) is 0 Å². The van der Waals surface area contributed by atoms with Gasteiger partial charge in [-0.3, -0.25) is 4.90 Å². The molecule has 0 fully saturated rings. The summed E-state index contributed by atoms with van der Waals surface area (Å²) < 4.78 is 13.8. The highest BCUT2D eigenvalue weighted by Crippen LogP contribution is 2.63. The summed E-state index contributed by atoms with van der Waals surface area (Å²) in [6.07, 6.45) is 0. The van der Waals surface area contributed by atoms with E-state index in [0.29, 0.717) is 0 Å². The largest absolute Gasteiger partial charge is 0.453 e. The maximum absolute atomic E-state index is 7.01. The van der Waals surface area contributed by atoms with Crippen molar-refractivity contribution in [1.29, 1.82) is 0 Å². The fourth-order valence-electron chi connectivity index (χ4n) is 7.01. The number of hydrogen-bond donors (Lipinski definition) is 0. The Hall–Kier alpha value is -6.06. The number of anilines is 3. The van der Waals surface area contributed by atoms with E-state index in [1.807, 2.05) is 12.1 Å². The van der Waals surface area contributed by atoms with Crippen LogP contribution in [-0.2, 0) is 0 Å². The molecule has 9 rings (SSSR count). The van der Waals surface area contributed by atoms with Gasteiger partial charge in [0.25, 0.3) is 0 Å². The van der Waals surface area contributed by atoms with Gasteiger partial charge in [0, 0.05) is 5.56 Å². The third-order valence-electron chi connectivity index (χ3n) is 9.29. The molecule has 0 aliphatic carbocycles. The normalized spacial score (nSPS) is 12.3. The second-order valence-corrected chi connectivity index (χ2v) is 12.3. The molecule has 0 N–H and O–H groups in total. The third-order valence-corrected chi connectivity index (χ3v) is 9.29. The molecule has 7 aromatic rings. The Morgan fingerprint density at radius 1 is 0.404 bits per heavy atom. The molecular formula is C44H31NO2. The summed E-state index contributed by atoms with van der Waals surface area (Å²) in [5.74, 6) is 3.23. The van der Waals surface area contributed by atoms with Crippen LogP contribution >= 0.6 is 0 Å². The van der Waals surface area contributed by atoms with Crippen molar-refractivity contribution in [2.45, 2.75) is 13.8 Å². The predicted molar refractivity (Wildman–Crippen MR) is 192 cm³/mol. The van der Waals surface area contributed by atoms with E-state index in [9.17, 15) is 0 Å². The molecule has 0 unspecified atom stereocenters. The first-order chi connectivity index (χ1) is 23.1. The molecule has 224 valence electrons. The summed E-state index contributed by atoms with van der Waals surface area (Å²) in [4.78, 5) is 2.32. The van der Waals surface area contributed by atoms with Crippen LogP contribution < -0.4 is 14.4 Å². The second kappa shape index (κ2) is 10.8. The first kappa shape index (κ1) is 27.3. The van der Waals surface area contributed by atoms with E-state index in [1.54, 1.807) is 0 Å². The minimum atomic E-state index is 0.787. The van der Waals surface area contributed by atoms with Crippen molar-refractivity contribution in [3.63, 3.8) is 0 Å². The van der Waals surface area contributed by atoms with E-state index in [4.69, 9.17) is 9.47 Å². The maximum atomic E-state index is 7.01. The minimum absolute atomic E-state index is 0.787. The van der Waals surface area contributed by atoms with Crippen molar-refractivity contribution < 1.29 is 9.47 Å². The molecule has 2 heterocycles. The van der Waals surface area contributed by atoms with Crippen LogP contribution in [-0.4, -0.2) is 0 Å². The highest BCUT2D eigenvalue weighted by atomic mass is 16.5. The van der Waals surface area contributed by atoms with Gasteiger partial charge in [-0.05, 0) is 94.3 Å². The van der Waals surface area contributed by atoms with Gasteiger partial charge in [0.2, 0.25) is 0 Å². The van der Waals surface area contributed by atoms with Gasteiger partial charge in [0.05, 0.1) is 11.4 Å². The van der Waals surface area contributed by atoms with Gasteiger partial charge in [0.1, 0.15) is 5.69 Å². The molecule has 2 aliphatic rings. The van der Waals surface area contributed by atoms with E-state index < -0.39 is 0 Å². The number of aryl methyl sites for hydroxylation is 2. The highest BCUT2D eigenvalue weighted by Gasteiger charge is 2.37. The predicted octanol–water partition coefficient (Wildman–Crippen LogP) is 12.7. The quantitative estimate of drug-likeness (QED) is 0.199. The lowest BCUT2D eigenvalue weighted by Crippen LogP contribution is -2.21. The van der Waals surface area contributed by atoms with E-state index in [0.717, 1.165) is 79.0 Å². The van der Waals surface area contributed by atoms with Crippen molar-refractivity contribution in [2.24, 2.45) is 0 Å². The summed E-state index contributed by atoms with van der Waals surface area (Å²) in [6, 6.07) is 53.3. The Bertz CT molecular complexity index is 2300. The molecule has 47 heavy (non-hydrogen) atoms. The molecule has 0 saturated heterocycles. The average Bonchev–Trinajstić information content (AvgIpc) is 3.12. The smallest absolute Gasteiger partial charge is 0.163 e. The molecule has 2 aliphatic heterocycles. The first-order valence-electron chi connectivity index (χ1n) is 16.0. The van der Waals surface area contributed by atoms with Gasteiger partial charge in [-0.1, -0.05) is 121 Å². The lowest BCUT2D eigenvalue weighted by molar-refractivity contribution is 0.446. The number of fused-ring (bicyclic) bond motifs is 4. The molecule has 0 radical (unpaired) electrons. The standard InChI is InChI=1S/C44H31NO2/c1-28-24-33(30-12-6-3-7-13-30)18-21-36(28)42-29(2)25-41-43-44(42)47-40-27-35(32-16-10-5-11-17-32)20-23-38(40)45(43)37-22-19-34(26-39(37)46-41)31-14-8-4-9-15-31/h3-27H,1-2H3. The summed E-state index contributed by atoms with van der Waals surface area (Å²) in [5, 5.41) is 0. The number of nitrogens with zero attached hydrogens (tertiary/aromatic N) is 1. The highest BCUT2D eigenvalue weighted by molar-refractivity contribution is 6.00. The molecule has 3 heteroatoms. The Labute approximate surface area is 274 Å². The summed E-state index contributed by atoms with van der Waals surface area (Å²) in [5.41, 5.74) is 14.3. The molecule has 0 amide bonds. The first-order valence-corrected chi connectivity index (χ1v) is 16.0. The SMILES string of the molecule is Cc1cc(-c2ccccc2)ccc1-c1c(C)cc2c3c1Oc1cc(-c4ccccc4)ccc1N3c1ccc(-c3ccccc3)cc1O2. The lowest BCUT2D eigenvalue weighted by Gasteiger charge is -2.39. The zero-order chi connectivity index (χ0) is 31.5. The van der Waals surface area contributed by atoms with Crippen LogP contribution in [0.15, 0.2) is 152 Å². The van der Waals surface area contributed by atoms with Crippen LogP contribution in [0.3, 0.4) is 0 Å². The number of benzene rings is 7. The van der Waals surface area contributed by atoms with Crippen LogP contribution in [0.5, 0.6) is 23.0 Å². The van der Waals surface area contributed by atoms with Gasteiger partial charge < -0.3 is 9.47 Å². The Balaban J connectivity index is 1.25. The Morgan fingerprint density at radius 2 is 0.894 bits per heavy atom. The van der Waals surface area contributed by atoms with Crippen molar-refractivity contribution in [2.75, 3.05) is 4.90 Å². The molecule has 7 aromatic carbocycles. The van der Waals surface area contributed by atoms with E-state index >= 15 is 0 Å². The summed E-state index contributed by atoms with van der Waals surface area (Å²) in [6.45, 7) is 4.34. The second-order valence-electron chi connectivity index (χ2n) is 12.3. The van der Waals surface area contributed by atoms with Crippen LogP contribution in [0.25, 0.3) is 44.5 Å². The lowest BCUT2D eigenvalue weighted by atomic mass is 9.90. The fraction of sp³-hybridized carbons (Fsp3) is 0.0455. The Kier molecular flexibility index (Phi) is 6.26. The molecule has 3 nitrogen and oxygen atoms in total. The summed E-state index contributed by atoms with van der Waals surface area (Å²) >= 11 is 0. The van der Waals surface area contributed by atoms with Gasteiger partial charge in [-0.25, -0.2) is 0 Å².